The number of halogens is 1. The lowest BCUT2D eigenvalue weighted by molar-refractivity contribution is 0.144. The number of pyridine rings is 1. The molecule has 0 aliphatic rings. The maximum Gasteiger partial charge on any atom is 0.134 e. The second kappa shape index (κ2) is 4.56. The fourth-order valence-corrected chi connectivity index (χ4v) is 1.30. The van der Waals surface area contributed by atoms with Gasteiger partial charge in [0.2, 0.25) is 0 Å². The SMILES string of the molecule is CC[C@@H](N)[C@H](O)c1cccnc1Cl. The number of aromatic nitrogens is 1. The van der Waals surface area contributed by atoms with E-state index in [1.165, 1.54) is 0 Å². The van der Waals surface area contributed by atoms with Crippen molar-refractivity contribution in [2.45, 2.75) is 25.5 Å². The minimum absolute atomic E-state index is 0.290. The minimum atomic E-state index is -0.730. The topological polar surface area (TPSA) is 59.1 Å². The molecule has 1 heterocycles. The largest absolute Gasteiger partial charge is 0.387 e. The Morgan fingerprint density at radius 2 is 2.38 bits per heavy atom. The maximum atomic E-state index is 9.72. The summed E-state index contributed by atoms with van der Waals surface area (Å²) in [6.45, 7) is 1.91. The van der Waals surface area contributed by atoms with E-state index in [1.54, 1.807) is 18.3 Å². The van der Waals surface area contributed by atoms with Crippen molar-refractivity contribution in [1.82, 2.24) is 4.98 Å². The van der Waals surface area contributed by atoms with Crippen LogP contribution in [0.1, 0.15) is 25.0 Å². The molecule has 1 aromatic rings. The van der Waals surface area contributed by atoms with E-state index < -0.39 is 6.10 Å². The third-order valence-electron chi connectivity index (χ3n) is 1.98. The van der Waals surface area contributed by atoms with Crippen molar-refractivity contribution in [2.24, 2.45) is 5.73 Å². The van der Waals surface area contributed by atoms with Gasteiger partial charge in [0, 0.05) is 17.8 Å². The van der Waals surface area contributed by atoms with Crippen LogP contribution >= 0.6 is 11.6 Å². The number of nitrogens with two attached hydrogens (primary N) is 1. The van der Waals surface area contributed by atoms with Crippen LogP contribution in [-0.4, -0.2) is 16.1 Å². The molecule has 3 N–H and O–H groups in total. The van der Waals surface area contributed by atoms with E-state index in [0.29, 0.717) is 17.1 Å². The maximum absolute atomic E-state index is 9.72. The standard InChI is InChI=1S/C9H13ClN2O/c1-2-7(11)8(13)6-4-3-5-12-9(6)10/h3-5,7-8,13H,2,11H2,1H3/t7-,8-/m1/s1. The van der Waals surface area contributed by atoms with Crippen LogP contribution in [0.2, 0.25) is 5.15 Å². The van der Waals surface area contributed by atoms with Crippen molar-refractivity contribution >= 4 is 11.6 Å². The van der Waals surface area contributed by atoms with Crippen LogP contribution in [0.15, 0.2) is 18.3 Å². The van der Waals surface area contributed by atoms with Crippen molar-refractivity contribution in [3.8, 4) is 0 Å². The van der Waals surface area contributed by atoms with Gasteiger partial charge in [-0.3, -0.25) is 0 Å². The molecule has 0 bridgehead atoms. The second-order valence-corrected chi connectivity index (χ2v) is 3.26. The van der Waals surface area contributed by atoms with Crippen molar-refractivity contribution in [2.75, 3.05) is 0 Å². The van der Waals surface area contributed by atoms with Crippen LogP contribution in [0, 0.1) is 0 Å². The van der Waals surface area contributed by atoms with Crippen LogP contribution in [0.25, 0.3) is 0 Å². The predicted octanol–water partition coefficient (Wildman–Crippen LogP) is 1.51. The van der Waals surface area contributed by atoms with Gasteiger partial charge in [-0.05, 0) is 12.5 Å². The summed E-state index contributed by atoms with van der Waals surface area (Å²) < 4.78 is 0. The van der Waals surface area contributed by atoms with E-state index in [0.717, 1.165) is 0 Å². The Morgan fingerprint density at radius 3 is 2.92 bits per heavy atom. The number of rotatable bonds is 3. The van der Waals surface area contributed by atoms with Crippen LogP contribution in [0.3, 0.4) is 0 Å². The first-order valence-corrected chi connectivity index (χ1v) is 4.58. The zero-order chi connectivity index (χ0) is 9.84. The van der Waals surface area contributed by atoms with Gasteiger partial charge in [-0.15, -0.1) is 0 Å². The lowest BCUT2D eigenvalue weighted by Crippen LogP contribution is -2.27. The summed E-state index contributed by atoms with van der Waals surface area (Å²) in [5.74, 6) is 0. The Balaban J connectivity index is 2.88. The summed E-state index contributed by atoms with van der Waals surface area (Å²) in [5, 5.41) is 10.0. The zero-order valence-electron chi connectivity index (χ0n) is 7.44. The molecule has 0 aliphatic carbocycles. The summed E-state index contributed by atoms with van der Waals surface area (Å²) >= 11 is 5.79. The Labute approximate surface area is 82.5 Å². The highest BCUT2D eigenvalue weighted by atomic mass is 35.5. The molecule has 0 saturated heterocycles. The van der Waals surface area contributed by atoms with Crippen LogP contribution in [-0.2, 0) is 0 Å². The monoisotopic (exact) mass is 200 g/mol. The van der Waals surface area contributed by atoms with Crippen LogP contribution in [0.4, 0.5) is 0 Å². The number of aliphatic hydroxyl groups excluding tert-OH is 1. The van der Waals surface area contributed by atoms with Crippen LogP contribution in [0.5, 0.6) is 0 Å². The first-order chi connectivity index (χ1) is 6.16. The van der Waals surface area contributed by atoms with Gasteiger partial charge >= 0.3 is 0 Å². The number of aliphatic hydroxyl groups is 1. The van der Waals surface area contributed by atoms with Gasteiger partial charge in [0.15, 0.2) is 0 Å². The first-order valence-electron chi connectivity index (χ1n) is 4.21. The summed E-state index contributed by atoms with van der Waals surface area (Å²) in [5.41, 5.74) is 6.28. The summed E-state index contributed by atoms with van der Waals surface area (Å²) in [7, 11) is 0. The lowest BCUT2D eigenvalue weighted by atomic mass is 10.0. The van der Waals surface area contributed by atoms with Gasteiger partial charge in [0.1, 0.15) is 5.15 Å². The van der Waals surface area contributed by atoms with Crippen molar-refractivity contribution < 1.29 is 5.11 Å². The molecule has 0 spiro atoms. The van der Waals surface area contributed by atoms with Gasteiger partial charge in [0.25, 0.3) is 0 Å². The molecule has 4 heteroatoms. The molecule has 3 nitrogen and oxygen atoms in total. The number of hydrogen-bond acceptors (Lipinski definition) is 3. The fraction of sp³-hybridized carbons (Fsp3) is 0.444. The normalized spacial score (nSPS) is 15.4. The fourth-order valence-electron chi connectivity index (χ4n) is 1.07. The third-order valence-corrected chi connectivity index (χ3v) is 2.30. The highest BCUT2D eigenvalue weighted by Gasteiger charge is 2.17. The third kappa shape index (κ3) is 2.40. The average molecular weight is 201 g/mol. The molecular formula is C9H13ClN2O. The highest BCUT2D eigenvalue weighted by Crippen LogP contribution is 2.23. The molecule has 13 heavy (non-hydrogen) atoms. The molecule has 0 amide bonds. The quantitative estimate of drug-likeness (QED) is 0.728. The summed E-state index contributed by atoms with van der Waals surface area (Å²) in [6.07, 6.45) is 1.55. The van der Waals surface area contributed by atoms with Gasteiger partial charge in [-0.25, -0.2) is 4.98 Å². The van der Waals surface area contributed by atoms with E-state index in [9.17, 15) is 5.11 Å². The molecule has 0 aromatic carbocycles. The van der Waals surface area contributed by atoms with Crippen LogP contribution < -0.4 is 5.73 Å². The van der Waals surface area contributed by atoms with E-state index in [2.05, 4.69) is 4.98 Å². The zero-order valence-corrected chi connectivity index (χ0v) is 8.20. The Bertz CT molecular complexity index is 280. The second-order valence-electron chi connectivity index (χ2n) is 2.90. The summed E-state index contributed by atoms with van der Waals surface area (Å²) in [6, 6.07) is 3.17. The molecule has 0 fully saturated rings. The van der Waals surface area contributed by atoms with Gasteiger partial charge in [-0.2, -0.15) is 0 Å². The smallest absolute Gasteiger partial charge is 0.134 e. The van der Waals surface area contributed by atoms with Gasteiger partial charge in [-0.1, -0.05) is 24.6 Å². The Morgan fingerprint density at radius 1 is 1.69 bits per heavy atom. The first kappa shape index (κ1) is 10.4. The van der Waals surface area contributed by atoms with E-state index in [4.69, 9.17) is 17.3 Å². The molecule has 1 rings (SSSR count). The lowest BCUT2D eigenvalue weighted by Gasteiger charge is -2.17. The molecule has 1 aromatic heterocycles. The van der Waals surface area contributed by atoms with E-state index >= 15 is 0 Å². The molecule has 0 saturated carbocycles. The molecule has 0 unspecified atom stereocenters. The molecule has 72 valence electrons. The molecule has 0 aliphatic heterocycles. The van der Waals surface area contributed by atoms with Crippen molar-refractivity contribution in [1.29, 1.82) is 0 Å². The molecule has 0 radical (unpaired) electrons. The predicted molar refractivity (Wildman–Crippen MR) is 52.5 cm³/mol. The van der Waals surface area contributed by atoms with Crippen molar-refractivity contribution in [3.05, 3.63) is 29.0 Å². The minimum Gasteiger partial charge on any atom is -0.387 e. The number of hydrogen-bond donors (Lipinski definition) is 2. The average Bonchev–Trinajstić information content (AvgIpc) is 2.16. The molecule has 2 atom stereocenters. The van der Waals surface area contributed by atoms with Gasteiger partial charge < -0.3 is 10.8 Å². The van der Waals surface area contributed by atoms with Gasteiger partial charge in [0.05, 0.1) is 6.10 Å². The van der Waals surface area contributed by atoms with E-state index in [1.807, 2.05) is 6.92 Å². The Kier molecular flexibility index (Phi) is 3.66. The Hall–Kier alpha value is -0.640. The highest BCUT2D eigenvalue weighted by molar-refractivity contribution is 6.30. The summed E-state index contributed by atoms with van der Waals surface area (Å²) in [4.78, 5) is 3.87. The number of nitrogens with zero attached hydrogens (tertiary/aromatic N) is 1. The molecular weight excluding hydrogens is 188 g/mol. The van der Waals surface area contributed by atoms with Crippen molar-refractivity contribution in [3.63, 3.8) is 0 Å². The van der Waals surface area contributed by atoms with E-state index in [-0.39, 0.29) is 6.04 Å².